The molecule has 20 heavy (non-hydrogen) atoms. The second-order valence-electron chi connectivity index (χ2n) is 5.63. The van der Waals surface area contributed by atoms with Crippen LogP contribution in [0.1, 0.15) is 44.0 Å². The lowest BCUT2D eigenvalue weighted by atomic mass is 9.88. The highest BCUT2D eigenvalue weighted by atomic mass is 16.5. The molecule has 2 N–H and O–H groups in total. The van der Waals surface area contributed by atoms with Gasteiger partial charge in [-0.05, 0) is 49.4 Å². The van der Waals surface area contributed by atoms with Gasteiger partial charge in [0.1, 0.15) is 5.75 Å². The molecule has 0 aliphatic heterocycles. The van der Waals surface area contributed by atoms with Crippen molar-refractivity contribution in [2.24, 2.45) is 5.41 Å². The zero-order valence-corrected chi connectivity index (χ0v) is 12.6. The minimum absolute atomic E-state index is 0.0103. The summed E-state index contributed by atoms with van der Waals surface area (Å²) in [5, 5.41) is 11.8. The van der Waals surface area contributed by atoms with Gasteiger partial charge in [0.15, 0.2) is 0 Å². The highest BCUT2D eigenvalue weighted by molar-refractivity contribution is 5.94. The van der Waals surface area contributed by atoms with Crippen molar-refractivity contribution in [2.45, 2.75) is 33.6 Å². The predicted octanol–water partition coefficient (Wildman–Crippen LogP) is 2.61. The van der Waals surface area contributed by atoms with Gasteiger partial charge in [0.2, 0.25) is 0 Å². The van der Waals surface area contributed by atoms with E-state index in [1.165, 1.54) is 0 Å². The quantitative estimate of drug-likeness (QED) is 0.769. The monoisotopic (exact) mass is 279 g/mol. The van der Waals surface area contributed by atoms with Crippen LogP contribution in [0.2, 0.25) is 0 Å². The van der Waals surface area contributed by atoms with Crippen LogP contribution in [-0.4, -0.2) is 30.8 Å². The van der Waals surface area contributed by atoms with E-state index in [1.54, 1.807) is 24.3 Å². The molecule has 0 unspecified atom stereocenters. The van der Waals surface area contributed by atoms with Gasteiger partial charge in [0, 0.05) is 18.7 Å². The highest BCUT2D eigenvalue weighted by Crippen LogP contribution is 2.21. The largest absolute Gasteiger partial charge is 0.494 e. The zero-order chi connectivity index (χ0) is 15.0. The van der Waals surface area contributed by atoms with Gasteiger partial charge in [-0.1, -0.05) is 13.8 Å². The highest BCUT2D eigenvalue weighted by Gasteiger charge is 2.18. The van der Waals surface area contributed by atoms with Crippen molar-refractivity contribution in [3.63, 3.8) is 0 Å². The first-order valence-corrected chi connectivity index (χ1v) is 7.10. The topological polar surface area (TPSA) is 58.6 Å². The van der Waals surface area contributed by atoms with Crippen LogP contribution >= 0.6 is 0 Å². The molecule has 0 radical (unpaired) electrons. The van der Waals surface area contributed by atoms with Gasteiger partial charge in [0.05, 0.1) is 6.61 Å². The van der Waals surface area contributed by atoms with Crippen LogP contribution in [0, 0.1) is 5.41 Å². The van der Waals surface area contributed by atoms with Gasteiger partial charge < -0.3 is 15.2 Å². The molecule has 0 aromatic heterocycles. The van der Waals surface area contributed by atoms with E-state index in [9.17, 15) is 4.79 Å². The molecule has 1 rings (SSSR count). The van der Waals surface area contributed by atoms with E-state index < -0.39 is 0 Å². The SMILES string of the molecule is CCOc1ccc(C(=O)NCC(C)(C)CCCO)cc1. The van der Waals surface area contributed by atoms with Crippen LogP contribution in [0.25, 0.3) is 0 Å². The Morgan fingerprint density at radius 3 is 2.50 bits per heavy atom. The third kappa shape index (κ3) is 5.61. The lowest BCUT2D eigenvalue weighted by molar-refractivity contribution is 0.0933. The summed E-state index contributed by atoms with van der Waals surface area (Å²) in [6.45, 7) is 7.50. The van der Waals surface area contributed by atoms with Crippen molar-refractivity contribution in [1.29, 1.82) is 0 Å². The zero-order valence-electron chi connectivity index (χ0n) is 12.6. The minimum Gasteiger partial charge on any atom is -0.494 e. The maximum atomic E-state index is 12.0. The van der Waals surface area contributed by atoms with Crippen molar-refractivity contribution in [3.8, 4) is 5.75 Å². The number of amides is 1. The molecule has 1 aromatic carbocycles. The molecule has 4 heteroatoms. The van der Waals surface area contributed by atoms with E-state index in [4.69, 9.17) is 9.84 Å². The van der Waals surface area contributed by atoms with Crippen molar-refractivity contribution in [2.75, 3.05) is 19.8 Å². The number of hydrogen-bond acceptors (Lipinski definition) is 3. The van der Waals surface area contributed by atoms with E-state index in [0.29, 0.717) is 18.7 Å². The fourth-order valence-electron chi connectivity index (χ4n) is 1.94. The average molecular weight is 279 g/mol. The van der Waals surface area contributed by atoms with E-state index in [0.717, 1.165) is 18.6 Å². The molecule has 0 heterocycles. The first kappa shape index (κ1) is 16.5. The second-order valence-corrected chi connectivity index (χ2v) is 5.63. The van der Waals surface area contributed by atoms with Crippen molar-refractivity contribution < 1.29 is 14.6 Å². The number of ether oxygens (including phenoxy) is 1. The normalized spacial score (nSPS) is 11.2. The lowest BCUT2D eigenvalue weighted by Crippen LogP contribution is -2.34. The molecule has 0 bridgehead atoms. The lowest BCUT2D eigenvalue weighted by Gasteiger charge is -2.24. The summed E-state index contributed by atoms with van der Waals surface area (Å²) in [5.41, 5.74) is 0.621. The maximum Gasteiger partial charge on any atom is 0.251 e. The summed E-state index contributed by atoms with van der Waals surface area (Å²) in [7, 11) is 0. The molecule has 0 fully saturated rings. The Morgan fingerprint density at radius 2 is 1.95 bits per heavy atom. The van der Waals surface area contributed by atoms with Gasteiger partial charge in [-0.3, -0.25) is 4.79 Å². The number of benzene rings is 1. The molecule has 1 amide bonds. The van der Waals surface area contributed by atoms with Gasteiger partial charge in [-0.25, -0.2) is 0 Å². The number of aliphatic hydroxyl groups is 1. The number of hydrogen-bond donors (Lipinski definition) is 2. The summed E-state index contributed by atoms with van der Waals surface area (Å²) in [6.07, 6.45) is 1.64. The minimum atomic E-state index is -0.0786. The summed E-state index contributed by atoms with van der Waals surface area (Å²) in [5.74, 6) is 0.692. The van der Waals surface area contributed by atoms with Crippen LogP contribution in [0.5, 0.6) is 5.75 Å². The molecular formula is C16H25NO3. The number of aliphatic hydroxyl groups excluding tert-OH is 1. The average Bonchev–Trinajstić information content (AvgIpc) is 2.44. The van der Waals surface area contributed by atoms with Crippen LogP contribution in [-0.2, 0) is 0 Å². The van der Waals surface area contributed by atoms with Gasteiger partial charge in [-0.2, -0.15) is 0 Å². The molecule has 0 spiro atoms. The van der Waals surface area contributed by atoms with E-state index >= 15 is 0 Å². The van der Waals surface area contributed by atoms with Crippen LogP contribution in [0.15, 0.2) is 24.3 Å². The Bertz CT molecular complexity index is 412. The molecule has 112 valence electrons. The van der Waals surface area contributed by atoms with Gasteiger partial charge >= 0.3 is 0 Å². The van der Waals surface area contributed by atoms with E-state index in [-0.39, 0.29) is 17.9 Å². The van der Waals surface area contributed by atoms with Crippen LogP contribution in [0.4, 0.5) is 0 Å². The maximum absolute atomic E-state index is 12.0. The van der Waals surface area contributed by atoms with E-state index in [1.807, 2.05) is 6.92 Å². The third-order valence-corrected chi connectivity index (χ3v) is 3.17. The number of nitrogens with one attached hydrogen (secondary N) is 1. The van der Waals surface area contributed by atoms with Crippen molar-refractivity contribution in [3.05, 3.63) is 29.8 Å². The molecule has 1 aromatic rings. The number of rotatable bonds is 8. The molecule has 0 atom stereocenters. The first-order chi connectivity index (χ1) is 9.48. The fourth-order valence-corrected chi connectivity index (χ4v) is 1.94. The Hall–Kier alpha value is -1.55. The van der Waals surface area contributed by atoms with Crippen LogP contribution in [0.3, 0.4) is 0 Å². The Morgan fingerprint density at radius 1 is 1.30 bits per heavy atom. The summed E-state index contributed by atoms with van der Waals surface area (Å²) in [4.78, 5) is 12.0. The third-order valence-electron chi connectivity index (χ3n) is 3.17. The standard InChI is InChI=1S/C16H25NO3/c1-4-20-14-8-6-13(7-9-14)15(19)17-12-16(2,3)10-5-11-18/h6-9,18H,4-5,10-12H2,1-3H3,(H,17,19). The summed E-state index contributed by atoms with van der Waals surface area (Å²) in [6, 6.07) is 7.13. The molecule has 0 aliphatic carbocycles. The van der Waals surface area contributed by atoms with Gasteiger partial charge in [0.25, 0.3) is 5.91 Å². The summed E-state index contributed by atoms with van der Waals surface area (Å²) >= 11 is 0. The number of carbonyl (C=O) groups is 1. The predicted molar refractivity (Wildman–Crippen MR) is 80.0 cm³/mol. The molecule has 0 aliphatic rings. The van der Waals surface area contributed by atoms with E-state index in [2.05, 4.69) is 19.2 Å². The summed E-state index contributed by atoms with van der Waals surface area (Å²) < 4.78 is 5.34. The second kappa shape index (κ2) is 7.90. The van der Waals surface area contributed by atoms with Crippen LogP contribution < -0.4 is 10.1 Å². The van der Waals surface area contributed by atoms with Crippen molar-refractivity contribution in [1.82, 2.24) is 5.32 Å². The smallest absolute Gasteiger partial charge is 0.251 e. The number of carbonyl (C=O) groups excluding carboxylic acids is 1. The first-order valence-electron chi connectivity index (χ1n) is 7.10. The molecule has 0 saturated heterocycles. The fraction of sp³-hybridized carbons (Fsp3) is 0.562. The molecular weight excluding hydrogens is 254 g/mol. The Kier molecular flexibility index (Phi) is 6.52. The Labute approximate surface area is 121 Å². The Balaban J connectivity index is 2.49. The van der Waals surface area contributed by atoms with Crippen molar-refractivity contribution >= 4 is 5.91 Å². The molecule has 0 saturated carbocycles. The molecule has 4 nitrogen and oxygen atoms in total. The van der Waals surface area contributed by atoms with Gasteiger partial charge in [-0.15, -0.1) is 0 Å².